The lowest BCUT2D eigenvalue weighted by atomic mass is 10.0. The second-order valence-electron chi connectivity index (χ2n) is 21.5. The summed E-state index contributed by atoms with van der Waals surface area (Å²) in [5.74, 6) is -0.556. The summed E-state index contributed by atoms with van der Waals surface area (Å²) >= 11 is 0. The molecule has 0 fully saturated rings. The number of nitrogens with one attached hydrogen (secondary N) is 1. The molecule has 0 aliphatic rings. The third kappa shape index (κ3) is 56.9. The number of hydrogen-bond acceptors (Lipinski definition) is 6. The summed E-state index contributed by atoms with van der Waals surface area (Å²) in [5, 5.41) is 3.04. The van der Waals surface area contributed by atoms with Gasteiger partial charge in [-0.1, -0.05) is 245 Å². The van der Waals surface area contributed by atoms with Crippen LogP contribution in [0.5, 0.6) is 0 Å². The highest BCUT2D eigenvalue weighted by Gasteiger charge is 2.30. The number of likely N-dealkylation sites (N-methyl/N-ethyl adjacent to an activating group) is 1. The molecule has 0 spiro atoms. The van der Waals surface area contributed by atoms with Crippen LogP contribution in [-0.4, -0.2) is 74.3 Å². The van der Waals surface area contributed by atoms with E-state index in [9.17, 15) is 19.0 Å². The maximum Gasteiger partial charge on any atom is 0.472 e. The Hall–Kier alpha value is -3.59. The Labute approximate surface area is 473 Å². The number of ether oxygens (including phenoxy) is 1. The Morgan fingerprint density at radius 2 is 0.896 bits per heavy atom. The number of esters is 1. The van der Waals surface area contributed by atoms with Crippen molar-refractivity contribution in [1.29, 1.82) is 0 Å². The summed E-state index contributed by atoms with van der Waals surface area (Å²) < 4.78 is 30.7. The smallest absolute Gasteiger partial charge is 0.456 e. The normalized spacial score (nSPS) is 14.5. The lowest BCUT2D eigenvalue weighted by molar-refractivity contribution is -0.870. The van der Waals surface area contributed by atoms with Crippen LogP contribution in [0.1, 0.15) is 239 Å². The van der Waals surface area contributed by atoms with E-state index in [1.54, 1.807) is 0 Å². The molecular weight excluding hydrogens is 976 g/mol. The summed E-state index contributed by atoms with van der Waals surface area (Å²) in [6, 6.07) is -0.874. The van der Waals surface area contributed by atoms with Crippen LogP contribution in [0.25, 0.3) is 0 Å². The number of carbonyl (C=O) groups excluding carboxylic acids is 2. The highest BCUT2D eigenvalue weighted by atomic mass is 31.2. The minimum absolute atomic E-state index is 0.0266. The number of hydrogen-bond donors (Lipinski definition) is 2. The minimum atomic E-state index is -4.47. The van der Waals surface area contributed by atoms with E-state index in [1.165, 1.54) is 77.0 Å². The van der Waals surface area contributed by atoms with Gasteiger partial charge in [0.2, 0.25) is 5.91 Å². The van der Waals surface area contributed by atoms with Crippen LogP contribution in [-0.2, 0) is 27.9 Å². The van der Waals surface area contributed by atoms with Crippen molar-refractivity contribution >= 4 is 19.7 Å². The van der Waals surface area contributed by atoms with Crippen LogP contribution in [0.3, 0.4) is 0 Å². The Morgan fingerprint density at radius 1 is 0.481 bits per heavy atom. The number of unbranched alkanes of at least 4 members (excludes halogenated alkanes) is 22. The summed E-state index contributed by atoms with van der Waals surface area (Å²) in [6.45, 7) is 6.73. The molecule has 77 heavy (non-hydrogen) atoms. The number of allylic oxidation sites excluding steroid dienone is 19. The van der Waals surface area contributed by atoms with Gasteiger partial charge in [0.15, 0.2) is 0 Å². The van der Waals surface area contributed by atoms with E-state index in [4.69, 9.17) is 13.8 Å². The van der Waals surface area contributed by atoms with Crippen molar-refractivity contribution in [2.75, 3.05) is 40.9 Å². The van der Waals surface area contributed by atoms with Gasteiger partial charge in [-0.05, 0) is 102 Å². The fourth-order valence-electron chi connectivity index (χ4n) is 8.24. The second-order valence-corrected chi connectivity index (χ2v) is 23.0. The zero-order valence-corrected chi connectivity index (χ0v) is 51.1. The third-order valence-corrected chi connectivity index (χ3v) is 13.9. The van der Waals surface area contributed by atoms with E-state index in [-0.39, 0.29) is 31.5 Å². The summed E-state index contributed by atoms with van der Waals surface area (Å²) in [6.07, 6.45) is 77.6. The SMILES string of the molecule is CC/C=C\C/C=C\C/C=C\C/C=C\C/C=C\C/C=C\CCCCCCC(=O)OC(/C=C\CCCCCCCCCCCCC)C(COP(=O)(O)OCC[N+](C)(C)C)NC(=O)CCCCCCCCC/C=C/C=C/C=C/CC. The molecule has 0 radical (unpaired) electrons. The van der Waals surface area contributed by atoms with Gasteiger partial charge in [0.25, 0.3) is 0 Å². The van der Waals surface area contributed by atoms with Gasteiger partial charge in [0.1, 0.15) is 19.3 Å². The molecule has 0 rings (SSSR count). The van der Waals surface area contributed by atoms with Crippen molar-refractivity contribution in [3.8, 4) is 0 Å². The number of rotatable bonds is 54. The molecule has 9 nitrogen and oxygen atoms in total. The number of nitrogens with zero attached hydrogens (tertiary/aromatic N) is 1. The van der Waals surface area contributed by atoms with E-state index < -0.39 is 20.0 Å². The third-order valence-electron chi connectivity index (χ3n) is 13.0. The summed E-state index contributed by atoms with van der Waals surface area (Å²) in [7, 11) is 1.45. The summed E-state index contributed by atoms with van der Waals surface area (Å²) in [5.41, 5.74) is 0. The van der Waals surface area contributed by atoms with Crippen molar-refractivity contribution in [3.63, 3.8) is 0 Å². The molecule has 2 N–H and O–H groups in total. The van der Waals surface area contributed by atoms with Gasteiger partial charge in [0, 0.05) is 12.8 Å². The number of carbonyl (C=O) groups is 2. The molecule has 0 heterocycles. The molecule has 3 atom stereocenters. The first-order chi connectivity index (χ1) is 37.4. The Kier molecular flexibility index (Phi) is 53.1. The molecule has 10 heteroatoms. The average molecular weight is 1090 g/mol. The molecule has 0 saturated carbocycles. The summed E-state index contributed by atoms with van der Waals surface area (Å²) in [4.78, 5) is 37.7. The highest BCUT2D eigenvalue weighted by Crippen LogP contribution is 2.43. The second kappa shape index (κ2) is 55.7. The number of phosphoric ester groups is 1. The largest absolute Gasteiger partial charge is 0.472 e. The van der Waals surface area contributed by atoms with Crippen LogP contribution >= 0.6 is 7.82 Å². The Bertz CT molecular complexity index is 1730. The van der Waals surface area contributed by atoms with E-state index in [0.29, 0.717) is 23.9 Å². The molecular formula is C67H116N2O7P+. The average Bonchev–Trinajstić information content (AvgIpc) is 3.39. The molecule has 0 saturated heterocycles. The van der Waals surface area contributed by atoms with Crippen LogP contribution in [0, 0.1) is 0 Å². The van der Waals surface area contributed by atoms with Gasteiger partial charge in [-0.3, -0.25) is 18.6 Å². The number of phosphoric acid groups is 1. The van der Waals surface area contributed by atoms with Crippen LogP contribution in [0.4, 0.5) is 0 Å². The monoisotopic (exact) mass is 1090 g/mol. The molecule has 1 amide bonds. The molecule has 0 aromatic carbocycles. The van der Waals surface area contributed by atoms with Crippen molar-refractivity contribution in [2.24, 2.45) is 0 Å². The number of quaternary nitrogens is 1. The first kappa shape index (κ1) is 73.4. The molecule has 0 aliphatic carbocycles. The van der Waals surface area contributed by atoms with Gasteiger partial charge < -0.3 is 19.4 Å². The van der Waals surface area contributed by atoms with Gasteiger partial charge in [0.05, 0.1) is 33.8 Å². The van der Waals surface area contributed by atoms with Crippen LogP contribution in [0.15, 0.2) is 122 Å². The Balaban J connectivity index is 5.34. The van der Waals surface area contributed by atoms with Crippen molar-refractivity contribution in [3.05, 3.63) is 122 Å². The first-order valence-electron chi connectivity index (χ1n) is 30.9. The lowest BCUT2D eigenvalue weighted by Gasteiger charge is -2.27. The van der Waals surface area contributed by atoms with E-state index >= 15 is 0 Å². The molecule has 0 bridgehead atoms. The van der Waals surface area contributed by atoms with Crippen LogP contribution in [0.2, 0.25) is 0 Å². The lowest BCUT2D eigenvalue weighted by Crippen LogP contribution is -2.47. The van der Waals surface area contributed by atoms with Crippen molar-refractivity contribution < 1.29 is 37.3 Å². The molecule has 0 aromatic heterocycles. The minimum Gasteiger partial charge on any atom is -0.456 e. The van der Waals surface area contributed by atoms with Crippen LogP contribution < -0.4 is 5.32 Å². The van der Waals surface area contributed by atoms with Gasteiger partial charge in [-0.15, -0.1) is 0 Å². The fourth-order valence-corrected chi connectivity index (χ4v) is 8.97. The van der Waals surface area contributed by atoms with Gasteiger partial charge in [-0.2, -0.15) is 0 Å². The maximum absolute atomic E-state index is 13.5. The Morgan fingerprint density at radius 3 is 1.39 bits per heavy atom. The maximum atomic E-state index is 13.5. The molecule has 0 aliphatic heterocycles. The van der Waals surface area contributed by atoms with E-state index in [1.807, 2.05) is 33.3 Å². The predicted molar refractivity (Wildman–Crippen MR) is 332 cm³/mol. The fraction of sp³-hybridized carbons (Fsp3) is 0.672. The van der Waals surface area contributed by atoms with Crippen molar-refractivity contribution in [2.45, 2.75) is 251 Å². The van der Waals surface area contributed by atoms with E-state index in [0.717, 1.165) is 122 Å². The molecule has 3 unspecified atom stereocenters. The quantitative estimate of drug-likeness (QED) is 0.0156. The standard InChI is InChI=1S/C67H115N2O7P/c1-7-10-13-16-19-22-25-28-30-31-32-33-34-35-36-37-39-42-45-48-51-54-57-60-67(71)76-65(58-55-52-49-46-43-40-27-24-21-18-15-12-9-3)64(63-75-77(72,73)74-62-61-69(4,5)6)68-66(70)59-56-53-50-47-44-41-38-29-26-23-20-17-14-11-8-2/h10-11,13-14,17,19-20,22-23,26,28,30,32-33,35-36,39,42,55,58,64-65H,7-9,12,15-16,18,21,24-25,27,29,31,34,37-38,40-41,43-54,56-57,59-63H2,1-6H3,(H-,68,70,72,73)/p+1/b13-10-,14-11+,20-17+,22-19-,26-23+,30-28-,33-32-,36-35-,42-39-,58-55-. The van der Waals surface area contributed by atoms with Crippen molar-refractivity contribution in [1.82, 2.24) is 5.32 Å². The predicted octanol–water partition coefficient (Wildman–Crippen LogP) is 19.1. The van der Waals surface area contributed by atoms with Gasteiger partial charge in [-0.25, -0.2) is 4.57 Å². The molecule has 0 aromatic rings. The number of amides is 1. The first-order valence-corrected chi connectivity index (χ1v) is 32.4. The van der Waals surface area contributed by atoms with E-state index in [2.05, 4.69) is 135 Å². The topological polar surface area (TPSA) is 111 Å². The highest BCUT2D eigenvalue weighted by molar-refractivity contribution is 7.47. The zero-order valence-electron chi connectivity index (χ0n) is 50.2. The van der Waals surface area contributed by atoms with Gasteiger partial charge >= 0.3 is 13.8 Å². The molecule has 440 valence electrons. The zero-order chi connectivity index (χ0) is 56.4.